The molecule has 0 aromatic carbocycles. The molecule has 2 aliphatic carbocycles. The Bertz CT molecular complexity index is 501. The van der Waals surface area contributed by atoms with Gasteiger partial charge in [-0.2, -0.15) is 0 Å². The summed E-state index contributed by atoms with van der Waals surface area (Å²) in [6.45, 7) is 5.92. The van der Waals surface area contributed by atoms with Crippen molar-refractivity contribution >= 4 is 0 Å². The van der Waals surface area contributed by atoms with Gasteiger partial charge >= 0.3 is 0 Å². The number of β-amino-alcohol motifs (C(OH)–C–C–N with tert-alkyl or cyclic N) is 1. The average molecular weight is 439 g/mol. The van der Waals surface area contributed by atoms with E-state index in [1.807, 2.05) is 7.11 Å². The number of ether oxygens (including phenoxy) is 2. The molecule has 7 nitrogen and oxygen atoms in total. The van der Waals surface area contributed by atoms with E-state index in [1.165, 1.54) is 38.5 Å². The standard InChI is InChI=1S/C24H46N4O3/c1-30-22-8-4-18(5-9-22)19-15-25-24(26-16-19)27-20-6-10-23(11-7-20)31-14-13-28-12-2-3-21(29)17-28/h18-27,29H,2-17H2,1H3. The van der Waals surface area contributed by atoms with E-state index in [2.05, 4.69) is 20.9 Å². The predicted octanol–water partition coefficient (Wildman–Crippen LogP) is 1.66. The first kappa shape index (κ1) is 23.9. The molecule has 2 aliphatic heterocycles. The normalized spacial score (nSPS) is 40.6. The number of hydrogen-bond donors (Lipinski definition) is 4. The lowest BCUT2D eigenvalue weighted by atomic mass is 9.78. The van der Waals surface area contributed by atoms with Crippen molar-refractivity contribution in [3.05, 3.63) is 0 Å². The van der Waals surface area contributed by atoms with Crippen molar-refractivity contribution in [3.63, 3.8) is 0 Å². The van der Waals surface area contributed by atoms with E-state index in [1.54, 1.807) is 0 Å². The van der Waals surface area contributed by atoms with Crippen molar-refractivity contribution < 1.29 is 14.6 Å². The lowest BCUT2D eigenvalue weighted by molar-refractivity contribution is -0.00357. The Balaban J connectivity index is 1.06. The van der Waals surface area contributed by atoms with Crippen molar-refractivity contribution in [1.82, 2.24) is 20.9 Å². The predicted molar refractivity (Wildman–Crippen MR) is 123 cm³/mol. The Labute approximate surface area is 189 Å². The van der Waals surface area contributed by atoms with Crippen LogP contribution >= 0.6 is 0 Å². The van der Waals surface area contributed by atoms with E-state index < -0.39 is 0 Å². The van der Waals surface area contributed by atoms with Gasteiger partial charge in [-0.1, -0.05) is 0 Å². The molecule has 0 aromatic rings. The zero-order valence-corrected chi connectivity index (χ0v) is 19.6. The topological polar surface area (TPSA) is 78.0 Å². The van der Waals surface area contributed by atoms with Crippen molar-refractivity contribution in [3.8, 4) is 0 Å². The molecule has 1 atom stereocenters. The monoisotopic (exact) mass is 438 g/mol. The first-order valence-corrected chi connectivity index (χ1v) is 13.0. The van der Waals surface area contributed by atoms with Crippen LogP contribution in [0.2, 0.25) is 0 Å². The van der Waals surface area contributed by atoms with E-state index in [0.29, 0.717) is 18.2 Å². The minimum atomic E-state index is -0.141. The van der Waals surface area contributed by atoms with E-state index >= 15 is 0 Å². The summed E-state index contributed by atoms with van der Waals surface area (Å²) in [5.74, 6) is 1.59. The molecular formula is C24H46N4O3. The zero-order valence-electron chi connectivity index (χ0n) is 19.6. The lowest BCUT2D eigenvalue weighted by Gasteiger charge is -2.40. The highest BCUT2D eigenvalue weighted by atomic mass is 16.5. The molecule has 0 radical (unpaired) electrons. The van der Waals surface area contributed by atoms with Crippen LogP contribution in [0.1, 0.15) is 64.2 Å². The SMILES string of the molecule is COC1CCC(C2CNC(NC3CCC(OCCN4CCCC(O)C4)CC3)NC2)CC1. The number of nitrogens with zero attached hydrogens (tertiary/aromatic N) is 1. The Morgan fingerprint density at radius 1 is 0.903 bits per heavy atom. The Morgan fingerprint density at radius 3 is 2.29 bits per heavy atom. The van der Waals surface area contributed by atoms with Crippen molar-refractivity contribution in [1.29, 1.82) is 0 Å². The highest BCUT2D eigenvalue weighted by Crippen LogP contribution is 2.32. The van der Waals surface area contributed by atoms with Gasteiger partial charge in [-0.05, 0) is 82.6 Å². The fraction of sp³-hybridized carbons (Fsp3) is 1.00. The second-order valence-corrected chi connectivity index (χ2v) is 10.4. The molecule has 2 saturated heterocycles. The molecule has 4 aliphatic rings. The summed E-state index contributed by atoms with van der Waals surface area (Å²) in [6.07, 6.45) is 12.8. The minimum absolute atomic E-state index is 0.141. The maximum atomic E-state index is 9.79. The third-order valence-electron chi connectivity index (χ3n) is 8.21. The van der Waals surface area contributed by atoms with Gasteiger partial charge in [-0.25, -0.2) is 0 Å². The van der Waals surface area contributed by atoms with E-state index in [9.17, 15) is 5.11 Å². The van der Waals surface area contributed by atoms with Crippen LogP contribution in [0, 0.1) is 11.8 Å². The van der Waals surface area contributed by atoms with Crippen LogP contribution in [0.4, 0.5) is 0 Å². The molecule has 2 heterocycles. The van der Waals surface area contributed by atoms with Crippen LogP contribution in [0.5, 0.6) is 0 Å². The second kappa shape index (κ2) is 12.3. The van der Waals surface area contributed by atoms with Gasteiger partial charge < -0.3 is 14.6 Å². The number of hydrogen-bond acceptors (Lipinski definition) is 7. The first-order chi connectivity index (χ1) is 15.2. The van der Waals surface area contributed by atoms with E-state index in [4.69, 9.17) is 9.47 Å². The van der Waals surface area contributed by atoms with Gasteiger partial charge in [0.15, 0.2) is 0 Å². The quantitative estimate of drug-likeness (QED) is 0.459. The molecule has 0 spiro atoms. The van der Waals surface area contributed by atoms with Gasteiger partial charge in [-0.15, -0.1) is 0 Å². The number of methoxy groups -OCH3 is 1. The number of piperidine rings is 1. The van der Waals surface area contributed by atoms with Crippen LogP contribution in [-0.4, -0.2) is 87.1 Å². The molecule has 180 valence electrons. The van der Waals surface area contributed by atoms with Gasteiger partial charge in [0.05, 0.1) is 24.9 Å². The minimum Gasteiger partial charge on any atom is -0.392 e. The molecule has 2 saturated carbocycles. The summed E-state index contributed by atoms with van der Waals surface area (Å²) >= 11 is 0. The molecular weight excluding hydrogens is 392 g/mol. The maximum absolute atomic E-state index is 9.79. The Hall–Kier alpha value is -0.280. The molecule has 1 unspecified atom stereocenters. The number of likely N-dealkylation sites (tertiary alicyclic amines) is 1. The third-order valence-corrected chi connectivity index (χ3v) is 8.21. The highest BCUT2D eigenvalue weighted by Gasteiger charge is 2.31. The smallest absolute Gasteiger partial charge is 0.112 e. The van der Waals surface area contributed by atoms with Crippen molar-refractivity contribution in [2.75, 3.05) is 46.4 Å². The second-order valence-electron chi connectivity index (χ2n) is 10.4. The van der Waals surface area contributed by atoms with Crippen molar-refractivity contribution in [2.24, 2.45) is 11.8 Å². The van der Waals surface area contributed by atoms with Gasteiger partial charge in [0, 0.05) is 39.3 Å². The molecule has 0 aromatic heterocycles. The van der Waals surface area contributed by atoms with Crippen LogP contribution in [0.25, 0.3) is 0 Å². The van der Waals surface area contributed by atoms with Crippen LogP contribution in [-0.2, 0) is 9.47 Å². The molecule has 0 bridgehead atoms. The highest BCUT2D eigenvalue weighted by molar-refractivity contribution is 4.87. The molecule has 4 rings (SSSR count). The van der Waals surface area contributed by atoms with Gasteiger partial charge in [0.1, 0.15) is 6.29 Å². The number of nitrogens with one attached hydrogen (secondary N) is 3. The zero-order chi connectivity index (χ0) is 21.5. The number of aliphatic hydroxyl groups is 1. The summed E-state index contributed by atoms with van der Waals surface area (Å²) in [5.41, 5.74) is 0. The molecule has 4 N–H and O–H groups in total. The molecule has 31 heavy (non-hydrogen) atoms. The summed E-state index contributed by atoms with van der Waals surface area (Å²) in [6, 6.07) is 0.579. The van der Waals surface area contributed by atoms with Gasteiger partial charge in [0.25, 0.3) is 0 Å². The van der Waals surface area contributed by atoms with Gasteiger partial charge in [0.2, 0.25) is 0 Å². The van der Waals surface area contributed by atoms with E-state index in [-0.39, 0.29) is 12.4 Å². The Morgan fingerprint density at radius 2 is 1.61 bits per heavy atom. The summed E-state index contributed by atoms with van der Waals surface area (Å²) in [7, 11) is 1.85. The number of rotatable bonds is 8. The molecule has 4 fully saturated rings. The summed E-state index contributed by atoms with van der Waals surface area (Å²) < 4.78 is 11.7. The maximum Gasteiger partial charge on any atom is 0.112 e. The number of aliphatic hydroxyl groups excluding tert-OH is 1. The fourth-order valence-electron chi connectivity index (χ4n) is 6.14. The van der Waals surface area contributed by atoms with Crippen LogP contribution in [0.15, 0.2) is 0 Å². The summed E-state index contributed by atoms with van der Waals surface area (Å²) in [4.78, 5) is 2.35. The largest absolute Gasteiger partial charge is 0.392 e. The fourth-order valence-corrected chi connectivity index (χ4v) is 6.14. The first-order valence-electron chi connectivity index (χ1n) is 13.0. The lowest BCUT2D eigenvalue weighted by Crippen LogP contribution is -2.63. The molecule has 0 amide bonds. The Kier molecular flexibility index (Phi) is 9.44. The van der Waals surface area contributed by atoms with Crippen molar-refractivity contribution in [2.45, 2.75) is 94.9 Å². The third kappa shape index (κ3) is 7.36. The molecule has 7 heteroatoms. The van der Waals surface area contributed by atoms with Crippen LogP contribution in [0.3, 0.4) is 0 Å². The van der Waals surface area contributed by atoms with Crippen LogP contribution < -0.4 is 16.0 Å². The van der Waals surface area contributed by atoms with Gasteiger partial charge in [-0.3, -0.25) is 20.9 Å². The average Bonchev–Trinajstić information content (AvgIpc) is 2.81. The summed E-state index contributed by atoms with van der Waals surface area (Å²) in [5, 5.41) is 21.0. The van der Waals surface area contributed by atoms with E-state index in [0.717, 1.165) is 76.8 Å².